The monoisotopic (exact) mass is 425 g/mol. The average Bonchev–Trinajstić information content (AvgIpc) is 3.11. The lowest BCUT2D eigenvalue weighted by Gasteiger charge is -2.20. The number of rotatable bonds is 7. The van der Waals surface area contributed by atoms with Gasteiger partial charge in [0.1, 0.15) is 11.7 Å². The van der Waals surface area contributed by atoms with Gasteiger partial charge in [-0.25, -0.2) is 0 Å². The van der Waals surface area contributed by atoms with Crippen molar-refractivity contribution in [3.05, 3.63) is 52.8 Å². The van der Waals surface area contributed by atoms with Gasteiger partial charge in [-0.05, 0) is 39.2 Å². The summed E-state index contributed by atoms with van der Waals surface area (Å²) in [6, 6.07) is 8.94. The molecule has 0 radical (unpaired) electrons. The zero-order chi connectivity index (χ0) is 22.5. The molecule has 3 amide bonds. The summed E-state index contributed by atoms with van der Waals surface area (Å²) < 4.78 is 1.59. The van der Waals surface area contributed by atoms with Gasteiger partial charge >= 0.3 is 0 Å². The van der Waals surface area contributed by atoms with Crippen molar-refractivity contribution in [2.24, 2.45) is 0 Å². The third-order valence-electron chi connectivity index (χ3n) is 5.51. The molecule has 166 valence electrons. The fraction of sp³-hybridized carbons (Fsp3) is 0.478. The molecule has 0 bridgehead atoms. The standard InChI is InChI=1S/C23H31N5O3/c1-5-16(3)24-21(29)17(4)25-22(30)19-13-20-23(31)27(10-7-11-28(20)26-19)14-18-9-6-8-15(2)12-18/h6,8-9,12-13,16-17H,5,7,10-11,14H2,1-4H3,(H,24,29)(H,25,30)/t16-,17-/m1/s1. The number of hydrogen-bond acceptors (Lipinski definition) is 4. The average molecular weight is 426 g/mol. The highest BCUT2D eigenvalue weighted by Crippen LogP contribution is 2.17. The van der Waals surface area contributed by atoms with Gasteiger partial charge in [-0.2, -0.15) is 5.10 Å². The first-order valence-electron chi connectivity index (χ1n) is 10.8. The molecule has 1 aromatic carbocycles. The van der Waals surface area contributed by atoms with Gasteiger partial charge in [0, 0.05) is 31.7 Å². The number of hydrogen-bond donors (Lipinski definition) is 2. The zero-order valence-corrected chi connectivity index (χ0v) is 18.6. The molecule has 2 heterocycles. The molecule has 2 aromatic rings. The number of carbonyl (C=O) groups excluding carboxylic acids is 3. The Morgan fingerprint density at radius 1 is 1.16 bits per heavy atom. The molecule has 2 atom stereocenters. The van der Waals surface area contributed by atoms with Crippen molar-refractivity contribution in [2.45, 2.75) is 65.7 Å². The topological polar surface area (TPSA) is 96.3 Å². The lowest BCUT2D eigenvalue weighted by atomic mass is 10.1. The number of nitrogens with one attached hydrogen (secondary N) is 2. The van der Waals surface area contributed by atoms with Gasteiger partial charge in [-0.15, -0.1) is 0 Å². The highest BCUT2D eigenvalue weighted by Gasteiger charge is 2.27. The Kier molecular flexibility index (Phi) is 7.09. The Morgan fingerprint density at radius 2 is 1.94 bits per heavy atom. The predicted octanol–water partition coefficient (Wildman–Crippen LogP) is 2.27. The van der Waals surface area contributed by atoms with Crippen LogP contribution in [0.4, 0.5) is 0 Å². The van der Waals surface area contributed by atoms with E-state index in [2.05, 4.69) is 21.8 Å². The maximum absolute atomic E-state index is 13.1. The molecule has 1 aliphatic rings. The molecule has 1 aliphatic heterocycles. The molecular formula is C23H31N5O3. The minimum Gasteiger partial charge on any atom is -0.352 e. The van der Waals surface area contributed by atoms with Gasteiger partial charge in [0.15, 0.2) is 5.69 Å². The molecule has 0 fully saturated rings. The normalized spacial score (nSPS) is 15.6. The Bertz CT molecular complexity index is 968. The van der Waals surface area contributed by atoms with Crippen LogP contribution < -0.4 is 10.6 Å². The molecule has 0 saturated carbocycles. The van der Waals surface area contributed by atoms with Crippen LogP contribution in [0.2, 0.25) is 0 Å². The van der Waals surface area contributed by atoms with Gasteiger partial charge < -0.3 is 15.5 Å². The summed E-state index contributed by atoms with van der Waals surface area (Å²) in [6.07, 6.45) is 1.56. The van der Waals surface area contributed by atoms with E-state index in [1.54, 1.807) is 16.5 Å². The molecule has 8 nitrogen and oxygen atoms in total. The molecule has 0 aliphatic carbocycles. The van der Waals surface area contributed by atoms with E-state index in [1.165, 1.54) is 6.07 Å². The van der Waals surface area contributed by atoms with Crippen LogP contribution >= 0.6 is 0 Å². The van der Waals surface area contributed by atoms with Crippen LogP contribution in [-0.4, -0.2) is 51.0 Å². The van der Waals surface area contributed by atoms with Gasteiger partial charge in [0.05, 0.1) is 0 Å². The molecule has 3 rings (SSSR count). The number of nitrogens with zero attached hydrogens (tertiary/aromatic N) is 3. The Morgan fingerprint density at radius 3 is 2.65 bits per heavy atom. The van der Waals surface area contributed by atoms with E-state index < -0.39 is 11.9 Å². The molecule has 31 heavy (non-hydrogen) atoms. The van der Waals surface area contributed by atoms with Crippen molar-refractivity contribution >= 4 is 17.7 Å². The van der Waals surface area contributed by atoms with E-state index in [1.807, 2.05) is 39.0 Å². The van der Waals surface area contributed by atoms with Crippen molar-refractivity contribution in [1.29, 1.82) is 0 Å². The van der Waals surface area contributed by atoms with Crippen molar-refractivity contribution in [2.75, 3.05) is 6.54 Å². The fourth-order valence-electron chi connectivity index (χ4n) is 3.53. The molecule has 1 aromatic heterocycles. The summed E-state index contributed by atoms with van der Waals surface area (Å²) in [4.78, 5) is 39.7. The third kappa shape index (κ3) is 5.51. The lowest BCUT2D eigenvalue weighted by molar-refractivity contribution is -0.123. The molecule has 0 unspecified atom stereocenters. The Balaban J connectivity index is 1.70. The first-order valence-corrected chi connectivity index (χ1v) is 10.8. The van der Waals surface area contributed by atoms with Crippen LogP contribution in [0.1, 0.15) is 65.7 Å². The highest BCUT2D eigenvalue weighted by atomic mass is 16.2. The quantitative estimate of drug-likeness (QED) is 0.711. The molecule has 0 spiro atoms. The van der Waals surface area contributed by atoms with E-state index in [0.717, 1.165) is 24.0 Å². The number of fused-ring (bicyclic) bond motifs is 1. The van der Waals surface area contributed by atoms with Crippen molar-refractivity contribution in [3.8, 4) is 0 Å². The second kappa shape index (κ2) is 9.76. The minimum atomic E-state index is -0.698. The van der Waals surface area contributed by atoms with Gasteiger partial charge in [0.2, 0.25) is 5.91 Å². The van der Waals surface area contributed by atoms with Crippen LogP contribution in [0.5, 0.6) is 0 Å². The largest absolute Gasteiger partial charge is 0.352 e. The van der Waals surface area contributed by atoms with E-state index >= 15 is 0 Å². The fourth-order valence-corrected chi connectivity index (χ4v) is 3.53. The highest BCUT2D eigenvalue weighted by molar-refractivity contribution is 5.99. The number of amides is 3. The van der Waals surface area contributed by atoms with E-state index in [0.29, 0.717) is 25.3 Å². The Hall–Kier alpha value is -3.16. The molecule has 2 N–H and O–H groups in total. The van der Waals surface area contributed by atoms with Crippen LogP contribution in [0.25, 0.3) is 0 Å². The van der Waals surface area contributed by atoms with Gasteiger partial charge in [-0.3, -0.25) is 19.1 Å². The minimum absolute atomic E-state index is 0.0347. The number of aromatic nitrogens is 2. The summed E-state index contributed by atoms with van der Waals surface area (Å²) in [7, 11) is 0. The number of aryl methyl sites for hydroxylation is 2. The maximum Gasteiger partial charge on any atom is 0.272 e. The summed E-state index contributed by atoms with van der Waals surface area (Å²) >= 11 is 0. The zero-order valence-electron chi connectivity index (χ0n) is 18.6. The molecular weight excluding hydrogens is 394 g/mol. The van der Waals surface area contributed by atoms with Crippen molar-refractivity contribution < 1.29 is 14.4 Å². The first-order chi connectivity index (χ1) is 14.8. The second-order valence-corrected chi connectivity index (χ2v) is 8.22. The first kappa shape index (κ1) is 22.5. The van der Waals surface area contributed by atoms with Crippen LogP contribution in [0.3, 0.4) is 0 Å². The Labute approximate surface area is 183 Å². The predicted molar refractivity (Wildman–Crippen MR) is 118 cm³/mol. The van der Waals surface area contributed by atoms with Crippen LogP contribution in [0.15, 0.2) is 30.3 Å². The van der Waals surface area contributed by atoms with Crippen molar-refractivity contribution in [3.63, 3.8) is 0 Å². The SMILES string of the molecule is CC[C@@H](C)NC(=O)[C@@H](C)NC(=O)c1cc2n(n1)CCCN(Cc1cccc(C)c1)C2=O. The number of carbonyl (C=O) groups is 3. The van der Waals surface area contributed by atoms with E-state index in [4.69, 9.17) is 0 Å². The van der Waals surface area contributed by atoms with E-state index in [9.17, 15) is 14.4 Å². The van der Waals surface area contributed by atoms with Gasteiger partial charge in [-0.1, -0.05) is 36.8 Å². The molecule has 8 heteroatoms. The number of benzene rings is 1. The van der Waals surface area contributed by atoms with Gasteiger partial charge in [0.25, 0.3) is 11.8 Å². The van der Waals surface area contributed by atoms with E-state index in [-0.39, 0.29) is 23.6 Å². The molecule has 0 saturated heterocycles. The van der Waals surface area contributed by atoms with Crippen LogP contribution in [-0.2, 0) is 17.9 Å². The summed E-state index contributed by atoms with van der Waals surface area (Å²) in [5.74, 6) is -0.859. The summed E-state index contributed by atoms with van der Waals surface area (Å²) in [5, 5.41) is 9.85. The second-order valence-electron chi connectivity index (χ2n) is 8.22. The lowest BCUT2D eigenvalue weighted by Crippen LogP contribution is -2.47. The summed E-state index contributed by atoms with van der Waals surface area (Å²) in [6.45, 7) is 9.25. The van der Waals surface area contributed by atoms with Crippen molar-refractivity contribution in [1.82, 2.24) is 25.3 Å². The van der Waals surface area contributed by atoms with Crippen LogP contribution in [0, 0.1) is 6.92 Å². The smallest absolute Gasteiger partial charge is 0.272 e. The summed E-state index contributed by atoms with van der Waals surface area (Å²) in [5.41, 5.74) is 2.76. The maximum atomic E-state index is 13.1. The third-order valence-corrected chi connectivity index (χ3v) is 5.51.